The van der Waals surface area contributed by atoms with E-state index >= 15 is 0 Å². The number of hydrogen-bond acceptors (Lipinski definition) is 2. The van der Waals surface area contributed by atoms with Crippen LogP contribution < -0.4 is 10.1 Å². The van der Waals surface area contributed by atoms with Gasteiger partial charge in [0, 0.05) is 6.54 Å². The van der Waals surface area contributed by atoms with Crippen molar-refractivity contribution in [3.63, 3.8) is 0 Å². The van der Waals surface area contributed by atoms with Gasteiger partial charge in [-0.05, 0) is 47.4 Å². The maximum atomic E-state index is 5.88. The van der Waals surface area contributed by atoms with Crippen LogP contribution in [0.1, 0.15) is 12.8 Å². The summed E-state index contributed by atoms with van der Waals surface area (Å²) in [6.07, 6.45) is 2.67. The van der Waals surface area contributed by atoms with Crippen molar-refractivity contribution in [2.24, 2.45) is 0 Å². The summed E-state index contributed by atoms with van der Waals surface area (Å²) in [5, 5.41) is 3.33. The van der Waals surface area contributed by atoms with Gasteiger partial charge in [0.25, 0.3) is 0 Å². The summed E-state index contributed by atoms with van der Waals surface area (Å²) in [4.78, 5) is 0. The van der Waals surface area contributed by atoms with Gasteiger partial charge >= 0.3 is 0 Å². The third-order valence-corrected chi connectivity index (χ3v) is 3.04. The zero-order chi connectivity index (χ0) is 9.80. The Morgan fingerprint density at radius 3 is 2.93 bits per heavy atom. The van der Waals surface area contributed by atoms with Crippen molar-refractivity contribution >= 4 is 15.9 Å². The third-order valence-electron chi connectivity index (χ3n) is 2.38. The lowest BCUT2D eigenvalue weighted by atomic mass is 10.1. The van der Waals surface area contributed by atoms with Crippen LogP contribution in [0.25, 0.3) is 0 Å². The van der Waals surface area contributed by atoms with Gasteiger partial charge in [0.15, 0.2) is 0 Å². The van der Waals surface area contributed by atoms with Crippen LogP contribution in [0.5, 0.6) is 5.75 Å². The maximum absolute atomic E-state index is 5.88. The van der Waals surface area contributed by atoms with Crippen molar-refractivity contribution in [1.82, 2.24) is 5.32 Å². The number of benzene rings is 1. The SMILES string of the molecule is Brc1ccccc1O[C@H]1CCCNC1. The first kappa shape index (κ1) is 9.99. The molecule has 0 unspecified atom stereocenters. The van der Waals surface area contributed by atoms with Gasteiger partial charge in [-0.25, -0.2) is 0 Å². The molecule has 0 aliphatic carbocycles. The minimum absolute atomic E-state index is 0.322. The van der Waals surface area contributed by atoms with Crippen LogP contribution in [0.4, 0.5) is 0 Å². The first-order chi connectivity index (χ1) is 6.86. The van der Waals surface area contributed by atoms with Crippen molar-refractivity contribution in [3.05, 3.63) is 28.7 Å². The van der Waals surface area contributed by atoms with Crippen LogP contribution in [0, 0.1) is 0 Å². The Morgan fingerprint density at radius 1 is 1.36 bits per heavy atom. The Balaban J connectivity index is 1.99. The Kier molecular flexibility index (Phi) is 3.43. The van der Waals surface area contributed by atoms with Crippen LogP contribution in [0.3, 0.4) is 0 Å². The molecule has 2 rings (SSSR count). The molecule has 1 aliphatic heterocycles. The van der Waals surface area contributed by atoms with Crippen molar-refractivity contribution in [3.8, 4) is 5.75 Å². The van der Waals surface area contributed by atoms with Crippen LogP contribution in [0.2, 0.25) is 0 Å². The average molecular weight is 256 g/mol. The molecule has 1 aliphatic rings. The number of nitrogens with one attached hydrogen (secondary N) is 1. The van der Waals surface area contributed by atoms with Gasteiger partial charge in [-0.1, -0.05) is 12.1 Å². The molecule has 0 aromatic heterocycles. The quantitative estimate of drug-likeness (QED) is 0.878. The molecule has 1 heterocycles. The zero-order valence-electron chi connectivity index (χ0n) is 8.00. The van der Waals surface area contributed by atoms with Crippen molar-refractivity contribution in [2.45, 2.75) is 18.9 Å². The second-order valence-electron chi connectivity index (χ2n) is 3.52. The standard InChI is InChI=1S/C11H14BrNO/c12-10-5-1-2-6-11(10)14-9-4-3-7-13-8-9/h1-2,5-6,9,13H,3-4,7-8H2/t9-/m0/s1. The van der Waals surface area contributed by atoms with E-state index in [0.29, 0.717) is 6.10 Å². The van der Waals surface area contributed by atoms with Gasteiger partial charge in [-0.15, -0.1) is 0 Å². The molecule has 1 aromatic carbocycles. The molecule has 0 amide bonds. The zero-order valence-corrected chi connectivity index (χ0v) is 9.59. The van der Waals surface area contributed by atoms with Crippen LogP contribution >= 0.6 is 15.9 Å². The highest BCUT2D eigenvalue weighted by molar-refractivity contribution is 9.10. The minimum Gasteiger partial charge on any atom is -0.488 e. The first-order valence-electron chi connectivity index (χ1n) is 4.98. The lowest BCUT2D eigenvalue weighted by Gasteiger charge is -2.24. The summed E-state index contributed by atoms with van der Waals surface area (Å²) < 4.78 is 6.91. The van der Waals surface area contributed by atoms with Gasteiger partial charge in [0.2, 0.25) is 0 Å². The van der Waals surface area contributed by atoms with E-state index in [1.165, 1.54) is 6.42 Å². The summed E-state index contributed by atoms with van der Waals surface area (Å²) in [5.74, 6) is 0.946. The minimum atomic E-state index is 0.322. The van der Waals surface area contributed by atoms with E-state index in [9.17, 15) is 0 Å². The molecular weight excluding hydrogens is 242 g/mol. The van der Waals surface area contributed by atoms with Gasteiger partial charge in [0.1, 0.15) is 11.9 Å². The predicted octanol–water partition coefficient (Wildman–Crippen LogP) is 2.58. The van der Waals surface area contributed by atoms with Crippen molar-refractivity contribution in [2.75, 3.05) is 13.1 Å². The molecule has 14 heavy (non-hydrogen) atoms. The van der Waals surface area contributed by atoms with E-state index in [2.05, 4.69) is 21.2 Å². The molecule has 1 fully saturated rings. The lowest BCUT2D eigenvalue weighted by molar-refractivity contribution is 0.166. The number of halogens is 1. The molecule has 0 bridgehead atoms. The summed E-state index contributed by atoms with van der Waals surface area (Å²) in [5.41, 5.74) is 0. The number of piperidine rings is 1. The van der Waals surface area contributed by atoms with Crippen molar-refractivity contribution < 1.29 is 4.74 Å². The van der Waals surface area contributed by atoms with Gasteiger partial charge in [-0.3, -0.25) is 0 Å². The van der Waals surface area contributed by atoms with Crippen LogP contribution in [0.15, 0.2) is 28.7 Å². The second kappa shape index (κ2) is 4.80. The normalized spacial score (nSPS) is 21.9. The topological polar surface area (TPSA) is 21.3 Å². The Bertz CT molecular complexity index is 297. The molecule has 1 aromatic rings. The summed E-state index contributed by atoms with van der Waals surface area (Å²) in [6, 6.07) is 8.00. The van der Waals surface area contributed by atoms with Crippen LogP contribution in [-0.2, 0) is 0 Å². The predicted molar refractivity (Wildman–Crippen MR) is 60.7 cm³/mol. The smallest absolute Gasteiger partial charge is 0.133 e. The van der Waals surface area contributed by atoms with Gasteiger partial charge in [0.05, 0.1) is 4.47 Å². The molecule has 1 atom stereocenters. The summed E-state index contributed by atoms with van der Waals surface area (Å²) >= 11 is 3.48. The number of para-hydroxylation sites is 1. The average Bonchev–Trinajstić information content (AvgIpc) is 2.23. The largest absolute Gasteiger partial charge is 0.488 e. The molecule has 0 spiro atoms. The first-order valence-corrected chi connectivity index (χ1v) is 5.77. The Morgan fingerprint density at radius 2 is 2.21 bits per heavy atom. The third kappa shape index (κ3) is 2.49. The highest BCUT2D eigenvalue weighted by atomic mass is 79.9. The molecule has 0 saturated carbocycles. The van der Waals surface area contributed by atoms with Gasteiger partial charge in [-0.2, -0.15) is 0 Å². The van der Waals surface area contributed by atoms with E-state index in [1.54, 1.807) is 0 Å². The van der Waals surface area contributed by atoms with E-state index in [-0.39, 0.29) is 0 Å². The molecule has 2 nitrogen and oxygen atoms in total. The highest BCUT2D eigenvalue weighted by Gasteiger charge is 2.14. The molecule has 76 valence electrons. The van der Waals surface area contributed by atoms with E-state index in [1.807, 2.05) is 24.3 Å². The highest BCUT2D eigenvalue weighted by Crippen LogP contribution is 2.25. The van der Waals surface area contributed by atoms with Crippen molar-refractivity contribution in [1.29, 1.82) is 0 Å². The molecular formula is C11H14BrNO. The van der Waals surface area contributed by atoms with E-state index in [4.69, 9.17) is 4.74 Å². The fourth-order valence-corrected chi connectivity index (χ4v) is 2.02. The van der Waals surface area contributed by atoms with E-state index in [0.717, 1.165) is 29.7 Å². The van der Waals surface area contributed by atoms with Crippen LogP contribution in [-0.4, -0.2) is 19.2 Å². The number of rotatable bonds is 2. The molecule has 1 N–H and O–H groups in total. The van der Waals surface area contributed by atoms with E-state index < -0.39 is 0 Å². The monoisotopic (exact) mass is 255 g/mol. The fraction of sp³-hybridized carbons (Fsp3) is 0.455. The number of ether oxygens (including phenoxy) is 1. The number of hydrogen-bond donors (Lipinski definition) is 1. The maximum Gasteiger partial charge on any atom is 0.133 e. The molecule has 3 heteroatoms. The Labute approximate surface area is 92.8 Å². The second-order valence-corrected chi connectivity index (χ2v) is 4.37. The lowest BCUT2D eigenvalue weighted by Crippen LogP contribution is -2.37. The molecule has 1 saturated heterocycles. The summed E-state index contributed by atoms with van der Waals surface area (Å²) in [7, 11) is 0. The summed E-state index contributed by atoms with van der Waals surface area (Å²) in [6.45, 7) is 2.08. The Hall–Kier alpha value is -0.540. The fourth-order valence-electron chi connectivity index (χ4n) is 1.64. The van der Waals surface area contributed by atoms with Gasteiger partial charge < -0.3 is 10.1 Å². The molecule has 0 radical (unpaired) electrons.